The highest BCUT2D eigenvalue weighted by Crippen LogP contribution is 2.12. The van der Waals surface area contributed by atoms with E-state index in [0.717, 1.165) is 0 Å². The largest absolute Gasteiger partial charge is 0.102 e. The van der Waals surface area contributed by atoms with Crippen LogP contribution in [-0.4, -0.2) is 87.0 Å². The Morgan fingerprint density at radius 3 is 1.08 bits per heavy atom. The molecule has 0 radical (unpaired) electrons. The van der Waals surface area contributed by atoms with E-state index in [1.54, 1.807) is 6.92 Å². The molecule has 0 fully saturated rings. The van der Waals surface area contributed by atoms with Crippen LogP contribution >= 0.6 is 208 Å². The molecular weight excluding hydrogens is 837 g/mol. The molecule has 0 rings (SSSR count). The quantitative estimate of drug-likeness (QED) is 0.172. The average Bonchev–Trinajstić information content (AvgIpc) is 2.90. The predicted octanol–water partition coefficient (Wildman–Crippen LogP) is 6.64. The average molecular weight is 842 g/mol. The van der Waals surface area contributed by atoms with E-state index in [2.05, 4.69) is 10.0 Å². The molecule has 0 saturated carbocycles. The molecule has 38 heavy (non-hydrogen) atoms. The van der Waals surface area contributed by atoms with Gasteiger partial charge in [-0.15, -0.1) is 0 Å². The third-order valence-electron chi connectivity index (χ3n) is 3.59. The molecule has 0 aromatic rings. The van der Waals surface area contributed by atoms with Gasteiger partial charge in [0.2, 0.25) is 0 Å². The van der Waals surface area contributed by atoms with Gasteiger partial charge in [0.05, 0.1) is 58.4 Å². The number of thiocarbonyl (C=S) groups is 17. The van der Waals surface area contributed by atoms with Crippen LogP contribution in [0.25, 0.3) is 0 Å². The van der Waals surface area contributed by atoms with Crippen molar-refractivity contribution in [3.63, 3.8) is 0 Å². The standard InChI is InChI=1S/C19H4S19/c1-5(22)7(24)9(26)11(28)13(30)15(32)17(34)19(36)38(37,3-2-20)18(35)16(33)14(31)12(29)10(27)8(25)6(23)4-21/h4H,1H3. The van der Waals surface area contributed by atoms with Crippen LogP contribution in [0.15, 0.2) is 0 Å². The first kappa shape index (κ1) is 39.8. The van der Waals surface area contributed by atoms with Gasteiger partial charge in [-0.2, -0.15) is 0 Å². The van der Waals surface area contributed by atoms with E-state index in [4.69, 9.17) is 219 Å². The fourth-order valence-electron chi connectivity index (χ4n) is 1.73. The second-order valence-electron chi connectivity index (χ2n) is 5.99. The summed E-state index contributed by atoms with van der Waals surface area (Å²) in [5.74, 6) is 0. The van der Waals surface area contributed by atoms with Gasteiger partial charge in [-0.3, -0.25) is 0 Å². The molecule has 0 aromatic carbocycles. The molecule has 194 valence electrons. The van der Waals surface area contributed by atoms with Gasteiger partial charge in [0.15, 0.2) is 0 Å². The maximum absolute atomic E-state index is 5.77. The Morgan fingerprint density at radius 2 is 0.789 bits per heavy atom. The van der Waals surface area contributed by atoms with Crippen molar-refractivity contribution in [1.82, 2.24) is 0 Å². The Hall–Kier alpha value is 1.79. The van der Waals surface area contributed by atoms with E-state index in [0.29, 0.717) is 4.86 Å². The minimum absolute atomic E-state index is 0.0207. The molecule has 0 aromatic heterocycles. The first-order valence-corrected chi connectivity index (χ1v) is 18.1. The van der Waals surface area contributed by atoms with Crippen LogP contribution in [0.4, 0.5) is 0 Å². The van der Waals surface area contributed by atoms with Gasteiger partial charge in [-0.1, -0.05) is 195 Å². The summed E-state index contributed by atoms with van der Waals surface area (Å²) in [5.41, 5.74) is 0. The molecule has 0 N–H and O–H groups in total. The van der Waals surface area contributed by atoms with Crippen molar-refractivity contribution >= 4 is 314 Å². The van der Waals surface area contributed by atoms with Gasteiger partial charge in [-0.25, -0.2) is 0 Å². The lowest BCUT2D eigenvalue weighted by Gasteiger charge is -2.18. The van der Waals surface area contributed by atoms with Crippen molar-refractivity contribution in [2.24, 2.45) is 0 Å². The molecule has 1 atom stereocenters. The molecule has 0 aliphatic heterocycles. The Morgan fingerprint density at radius 1 is 0.500 bits per heavy atom. The summed E-state index contributed by atoms with van der Waals surface area (Å²) in [6.07, 6.45) is 0. The van der Waals surface area contributed by atoms with Gasteiger partial charge < -0.3 is 0 Å². The van der Waals surface area contributed by atoms with Crippen LogP contribution in [0.3, 0.4) is 0 Å². The number of hydrogen-bond donors (Lipinski definition) is 0. The fourth-order valence-corrected chi connectivity index (χ4v) is 9.46. The lowest BCUT2D eigenvalue weighted by atomic mass is 10.1. The van der Waals surface area contributed by atoms with E-state index in [1.807, 2.05) is 0 Å². The van der Waals surface area contributed by atoms with Gasteiger partial charge in [0.25, 0.3) is 0 Å². The molecule has 19 heteroatoms. The molecule has 0 nitrogen and oxygen atoms in total. The predicted molar refractivity (Wildman–Crippen MR) is 241 cm³/mol. The van der Waals surface area contributed by atoms with E-state index >= 15 is 0 Å². The number of rotatable bonds is 14. The monoisotopic (exact) mass is 840 g/mol. The minimum atomic E-state index is -2.99. The summed E-state index contributed by atoms with van der Waals surface area (Å²) in [6.45, 7) is 1.61. The summed E-state index contributed by atoms with van der Waals surface area (Å²) >= 11 is 95.6. The second kappa shape index (κ2) is 17.8. The highest BCUT2D eigenvalue weighted by molar-refractivity contribution is 8.63. The Balaban J connectivity index is 6.32. The zero-order chi connectivity index (χ0) is 30.3. The zero-order valence-electron chi connectivity index (χ0n) is 17.8. The van der Waals surface area contributed by atoms with Crippen molar-refractivity contribution in [2.45, 2.75) is 6.92 Å². The van der Waals surface area contributed by atoms with Crippen LogP contribution in [-0.2, 0) is 19.4 Å². The highest BCUT2D eigenvalue weighted by Gasteiger charge is 2.31. The van der Waals surface area contributed by atoms with E-state index in [-0.39, 0.29) is 66.8 Å². The number of hydrogen-bond acceptors (Lipinski definition) is 18. The molecule has 1 unspecified atom stereocenters. The molecular formula is C19H4S19. The first-order valence-electron chi connectivity index (χ1n) is 8.57. The normalized spacial score (nSPS) is 11.1. The van der Waals surface area contributed by atoms with E-state index < -0.39 is 8.18 Å². The highest BCUT2D eigenvalue weighted by atomic mass is 32.8. The Labute approximate surface area is 316 Å². The molecule has 0 saturated heterocycles. The second-order valence-corrected chi connectivity index (χ2v) is 16.9. The smallest absolute Gasteiger partial charge is 0.0871 e. The van der Waals surface area contributed by atoms with Crippen LogP contribution < -0.4 is 0 Å². The molecule has 0 spiro atoms. The van der Waals surface area contributed by atoms with E-state index in [1.165, 1.54) is 5.37 Å². The van der Waals surface area contributed by atoms with Gasteiger partial charge >= 0.3 is 0 Å². The van der Waals surface area contributed by atoms with Crippen LogP contribution in [0.2, 0.25) is 0 Å². The fraction of sp³-hybridized carbons (Fsp3) is 0.0526. The van der Waals surface area contributed by atoms with Crippen LogP contribution in [0.5, 0.6) is 0 Å². The molecule has 0 amide bonds. The van der Waals surface area contributed by atoms with Gasteiger partial charge in [-0.05, 0) is 43.5 Å². The first-order chi connectivity index (χ1) is 17.3. The van der Waals surface area contributed by atoms with Crippen LogP contribution in [0, 0.1) is 0 Å². The Kier molecular flexibility index (Phi) is 18.6. The summed E-state index contributed by atoms with van der Waals surface area (Å²) < 4.78 is -0.148. The third-order valence-corrected chi connectivity index (χ3v) is 16.9. The van der Waals surface area contributed by atoms with Crippen LogP contribution in [0.1, 0.15) is 6.92 Å². The lowest BCUT2D eigenvalue weighted by molar-refractivity contribution is 2.09. The minimum Gasteiger partial charge on any atom is -0.0871 e. The lowest BCUT2D eigenvalue weighted by Crippen LogP contribution is -2.42. The maximum Gasteiger partial charge on any atom is 0.102 e. The molecule has 0 aliphatic carbocycles. The van der Waals surface area contributed by atoms with Crippen molar-refractivity contribution in [2.75, 3.05) is 0 Å². The molecule has 0 aliphatic rings. The van der Waals surface area contributed by atoms with Gasteiger partial charge in [0.1, 0.15) is 8.39 Å². The molecule has 0 heterocycles. The third kappa shape index (κ3) is 9.92. The van der Waals surface area contributed by atoms with E-state index in [9.17, 15) is 0 Å². The SMILES string of the molecule is CC(=S)C(=S)C(=S)C(=S)C(=S)C(=S)C(=S)C(=S)S(=S)(=C=C=S)C(=S)C(=S)C(=S)C(=S)C(=S)C(=S)C(=S)C=S. The summed E-state index contributed by atoms with van der Waals surface area (Å²) in [5, 5.41) is 6.19. The van der Waals surface area contributed by atoms with Crippen molar-refractivity contribution < 1.29 is 0 Å². The summed E-state index contributed by atoms with van der Waals surface area (Å²) in [4.78, 5) is 0.653. The molecule has 0 bridgehead atoms. The summed E-state index contributed by atoms with van der Waals surface area (Å²) in [7, 11) is -2.99. The van der Waals surface area contributed by atoms with Gasteiger partial charge in [0, 0.05) is 15.3 Å². The van der Waals surface area contributed by atoms with Crippen molar-refractivity contribution in [3.8, 4) is 0 Å². The Bertz CT molecular complexity index is 1570. The van der Waals surface area contributed by atoms with Crippen molar-refractivity contribution in [1.29, 1.82) is 0 Å². The zero-order valence-corrected chi connectivity index (χ0v) is 33.3. The topological polar surface area (TPSA) is 0 Å². The summed E-state index contributed by atoms with van der Waals surface area (Å²) in [6, 6.07) is 0. The van der Waals surface area contributed by atoms with Crippen molar-refractivity contribution in [3.05, 3.63) is 0 Å². The maximum atomic E-state index is 5.77.